The molecule has 1 saturated heterocycles. The molecule has 2 rings (SSSR count). The van der Waals surface area contributed by atoms with Gasteiger partial charge in [-0.05, 0) is 12.5 Å². The van der Waals surface area contributed by atoms with Crippen LogP contribution < -0.4 is 5.73 Å². The lowest BCUT2D eigenvalue weighted by Crippen LogP contribution is -2.38. The molecule has 1 aliphatic heterocycles. The van der Waals surface area contributed by atoms with Crippen LogP contribution in [0, 0.1) is 5.82 Å². The Bertz CT molecular complexity index is 520. The summed E-state index contributed by atoms with van der Waals surface area (Å²) in [6, 6.07) is 1.27. The van der Waals surface area contributed by atoms with Crippen molar-refractivity contribution in [2.24, 2.45) is 0 Å². The van der Waals surface area contributed by atoms with Crippen molar-refractivity contribution in [3.63, 3.8) is 0 Å². The van der Waals surface area contributed by atoms with Crippen molar-refractivity contribution in [1.29, 1.82) is 0 Å². The van der Waals surface area contributed by atoms with Gasteiger partial charge in [-0.3, -0.25) is 9.59 Å². The Hall–Kier alpha value is -2.18. The highest BCUT2D eigenvalue weighted by Crippen LogP contribution is 2.15. The third-order valence-corrected chi connectivity index (χ3v) is 3.11. The minimum atomic E-state index is -0.836. The molecule has 0 spiro atoms. The molecule has 1 aliphatic rings. The van der Waals surface area contributed by atoms with Crippen LogP contribution >= 0.6 is 0 Å². The maximum atomic E-state index is 13.8. The van der Waals surface area contributed by atoms with Gasteiger partial charge >= 0.3 is 0 Å². The molecule has 1 aromatic heterocycles. The summed E-state index contributed by atoms with van der Waals surface area (Å²) in [5.41, 5.74) is 5.19. The zero-order valence-electron chi connectivity index (χ0n) is 10.6. The number of hydrogen-bond acceptors (Lipinski definition) is 4. The zero-order chi connectivity index (χ0) is 14.0. The Morgan fingerprint density at radius 2 is 2.21 bits per heavy atom. The minimum Gasteiger partial charge on any atom is -0.381 e. The van der Waals surface area contributed by atoms with E-state index < -0.39 is 11.7 Å². The molecule has 2 heterocycles. The number of amides is 2. The number of anilines is 1. The first-order chi connectivity index (χ1) is 9.00. The summed E-state index contributed by atoms with van der Waals surface area (Å²) in [4.78, 5) is 30.4. The molecule has 102 valence electrons. The first kappa shape index (κ1) is 13.3. The molecule has 0 radical (unpaired) electrons. The summed E-state index contributed by atoms with van der Waals surface area (Å²) in [6.07, 6.45) is 1.94. The number of likely N-dealkylation sites (N-methyl/N-ethyl adjacent to an activating group) is 1. The summed E-state index contributed by atoms with van der Waals surface area (Å²) < 4.78 is 13.8. The highest BCUT2D eigenvalue weighted by molar-refractivity contribution is 5.97. The normalized spacial score (nSPS) is 16.4. The molecular formula is C12H15FN4O2. The molecule has 1 fully saturated rings. The fourth-order valence-electron chi connectivity index (χ4n) is 1.96. The molecule has 0 bridgehead atoms. The van der Waals surface area contributed by atoms with Gasteiger partial charge in [0.1, 0.15) is 6.54 Å². The van der Waals surface area contributed by atoms with Gasteiger partial charge in [0, 0.05) is 26.3 Å². The number of aromatic nitrogens is 1. The predicted molar refractivity (Wildman–Crippen MR) is 66.8 cm³/mol. The highest BCUT2D eigenvalue weighted by atomic mass is 19.1. The Balaban J connectivity index is 2.24. The van der Waals surface area contributed by atoms with Gasteiger partial charge in [0.25, 0.3) is 5.91 Å². The predicted octanol–water partition coefficient (Wildman–Crippen LogP) is 0.107. The molecule has 0 atom stereocenters. The Kier molecular flexibility index (Phi) is 3.64. The molecule has 0 aromatic carbocycles. The van der Waals surface area contributed by atoms with E-state index >= 15 is 0 Å². The second kappa shape index (κ2) is 5.21. The van der Waals surface area contributed by atoms with Gasteiger partial charge in [-0.2, -0.15) is 0 Å². The standard InChI is InChI=1S/C12H15FN4O2/c1-16-5-2-6-17(7-9(16)18)12(19)8-3-4-15-11(14)10(8)13/h3-4H,2,5-7H2,1H3,(H2,14,15). The summed E-state index contributed by atoms with van der Waals surface area (Å²) in [5.74, 6) is -1.84. The molecule has 0 aliphatic carbocycles. The lowest BCUT2D eigenvalue weighted by atomic mass is 10.2. The van der Waals surface area contributed by atoms with E-state index in [9.17, 15) is 14.0 Å². The first-order valence-corrected chi connectivity index (χ1v) is 5.94. The van der Waals surface area contributed by atoms with Gasteiger partial charge in [0.15, 0.2) is 11.6 Å². The van der Waals surface area contributed by atoms with Crippen molar-refractivity contribution >= 4 is 17.6 Å². The fraction of sp³-hybridized carbons (Fsp3) is 0.417. The van der Waals surface area contributed by atoms with Crippen molar-refractivity contribution in [3.05, 3.63) is 23.6 Å². The number of carbonyl (C=O) groups excluding carboxylic acids is 2. The number of rotatable bonds is 1. The van der Waals surface area contributed by atoms with E-state index in [1.165, 1.54) is 17.2 Å². The molecule has 0 unspecified atom stereocenters. The quantitative estimate of drug-likeness (QED) is 0.782. The first-order valence-electron chi connectivity index (χ1n) is 5.94. The van der Waals surface area contributed by atoms with Crippen LogP contribution in [0.5, 0.6) is 0 Å². The summed E-state index contributed by atoms with van der Waals surface area (Å²) in [7, 11) is 1.68. The van der Waals surface area contributed by atoms with Crippen molar-refractivity contribution in [2.75, 3.05) is 32.4 Å². The Labute approximate surface area is 110 Å². The molecule has 1 aromatic rings. The van der Waals surface area contributed by atoms with Gasteiger partial charge in [-0.15, -0.1) is 0 Å². The van der Waals surface area contributed by atoms with E-state index in [-0.39, 0.29) is 23.8 Å². The second-order valence-corrected chi connectivity index (χ2v) is 4.45. The highest BCUT2D eigenvalue weighted by Gasteiger charge is 2.26. The van der Waals surface area contributed by atoms with E-state index in [2.05, 4.69) is 4.98 Å². The summed E-state index contributed by atoms with van der Waals surface area (Å²) in [5, 5.41) is 0. The number of carbonyl (C=O) groups is 2. The van der Waals surface area contributed by atoms with E-state index in [1.807, 2.05) is 0 Å². The average Bonchev–Trinajstić information content (AvgIpc) is 2.55. The monoisotopic (exact) mass is 266 g/mol. The molecule has 6 nitrogen and oxygen atoms in total. The van der Waals surface area contributed by atoms with E-state index in [0.29, 0.717) is 19.5 Å². The van der Waals surface area contributed by atoms with Crippen molar-refractivity contribution in [2.45, 2.75) is 6.42 Å². The van der Waals surface area contributed by atoms with E-state index in [0.717, 1.165) is 0 Å². The van der Waals surface area contributed by atoms with Crippen LogP contribution in [0.25, 0.3) is 0 Å². The number of nitrogens with two attached hydrogens (primary N) is 1. The van der Waals surface area contributed by atoms with Crippen LogP contribution in [-0.2, 0) is 4.79 Å². The minimum absolute atomic E-state index is 0.0446. The van der Waals surface area contributed by atoms with Crippen LogP contribution in [0.15, 0.2) is 12.3 Å². The fourth-order valence-corrected chi connectivity index (χ4v) is 1.96. The number of halogens is 1. The van der Waals surface area contributed by atoms with Gasteiger partial charge in [-0.25, -0.2) is 9.37 Å². The molecule has 2 N–H and O–H groups in total. The lowest BCUT2D eigenvalue weighted by Gasteiger charge is -2.20. The number of pyridine rings is 1. The van der Waals surface area contributed by atoms with Gasteiger partial charge in [-0.1, -0.05) is 0 Å². The summed E-state index contributed by atoms with van der Waals surface area (Å²) >= 11 is 0. The van der Waals surface area contributed by atoms with Crippen LogP contribution in [0.1, 0.15) is 16.8 Å². The van der Waals surface area contributed by atoms with Crippen LogP contribution in [0.4, 0.5) is 10.2 Å². The Morgan fingerprint density at radius 3 is 2.95 bits per heavy atom. The third kappa shape index (κ3) is 2.64. The van der Waals surface area contributed by atoms with Crippen LogP contribution in [0.3, 0.4) is 0 Å². The molecule has 0 saturated carbocycles. The van der Waals surface area contributed by atoms with Crippen molar-refractivity contribution in [1.82, 2.24) is 14.8 Å². The SMILES string of the molecule is CN1CCCN(C(=O)c2ccnc(N)c2F)CC1=O. The van der Waals surface area contributed by atoms with Gasteiger partial charge in [0.2, 0.25) is 5.91 Å². The van der Waals surface area contributed by atoms with Gasteiger partial charge in [0.05, 0.1) is 5.56 Å². The maximum Gasteiger partial charge on any atom is 0.257 e. The molecular weight excluding hydrogens is 251 g/mol. The molecule has 2 amide bonds. The van der Waals surface area contributed by atoms with Gasteiger partial charge < -0.3 is 15.5 Å². The van der Waals surface area contributed by atoms with E-state index in [4.69, 9.17) is 5.73 Å². The summed E-state index contributed by atoms with van der Waals surface area (Å²) in [6.45, 7) is 0.956. The molecule has 7 heteroatoms. The van der Waals surface area contributed by atoms with E-state index in [1.54, 1.807) is 11.9 Å². The second-order valence-electron chi connectivity index (χ2n) is 4.45. The van der Waals surface area contributed by atoms with Crippen LogP contribution in [-0.4, -0.2) is 53.3 Å². The maximum absolute atomic E-state index is 13.8. The zero-order valence-corrected chi connectivity index (χ0v) is 10.6. The van der Waals surface area contributed by atoms with Crippen molar-refractivity contribution in [3.8, 4) is 0 Å². The Morgan fingerprint density at radius 1 is 1.47 bits per heavy atom. The number of nitrogen functional groups attached to an aromatic ring is 1. The number of hydrogen-bond donors (Lipinski definition) is 1. The lowest BCUT2D eigenvalue weighted by molar-refractivity contribution is -0.129. The number of nitrogens with zero attached hydrogens (tertiary/aromatic N) is 3. The van der Waals surface area contributed by atoms with Crippen molar-refractivity contribution < 1.29 is 14.0 Å². The van der Waals surface area contributed by atoms with Crippen LogP contribution in [0.2, 0.25) is 0 Å². The smallest absolute Gasteiger partial charge is 0.257 e. The third-order valence-electron chi connectivity index (χ3n) is 3.11. The topological polar surface area (TPSA) is 79.5 Å². The average molecular weight is 266 g/mol. The largest absolute Gasteiger partial charge is 0.381 e. The molecule has 19 heavy (non-hydrogen) atoms.